The molecule has 1 aromatic carbocycles. The summed E-state index contributed by atoms with van der Waals surface area (Å²) < 4.78 is 7.36. The highest BCUT2D eigenvalue weighted by Crippen LogP contribution is 2.39. The van der Waals surface area contributed by atoms with Gasteiger partial charge in [0, 0.05) is 37.0 Å². The monoisotopic (exact) mass is 486 g/mol. The van der Waals surface area contributed by atoms with Gasteiger partial charge in [-0.2, -0.15) is 4.99 Å². The number of anilines is 1. The van der Waals surface area contributed by atoms with E-state index in [0.29, 0.717) is 17.4 Å². The molecule has 1 unspecified atom stereocenters. The molecule has 4 N–H and O–H groups in total. The Morgan fingerprint density at radius 3 is 2.81 bits per heavy atom. The Balaban J connectivity index is 1.48. The molecule has 2 aromatic heterocycles. The minimum atomic E-state index is -1.69. The van der Waals surface area contributed by atoms with Gasteiger partial charge in [0.05, 0.1) is 28.6 Å². The molecule has 11 heteroatoms. The fourth-order valence-corrected chi connectivity index (χ4v) is 4.49. The number of nitrogens with zero attached hydrogens (tertiary/aromatic N) is 6. The van der Waals surface area contributed by atoms with Crippen LogP contribution in [0.15, 0.2) is 52.7 Å². The van der Waals surface area contributed by atoms with Crippen molar-refractivity contribution in [2.75, 3.05) is 11.5 Å². The largest absolute Gasteiger partial charge is 0.388 e. The molecular weight excluding hydrogens is 460 g/mol. The molecule has 1 fully saturated rings. The summed E-state index contributed by atoms with van der Waals surface area (Å²) >= 11 is 0. The molecular formula is C25H26N8O3. The molecule has 0 saturated heterocycles. The Bertz CT molecular complexity index is 1470. The predicted octanol–water partition coefficient (Wildman–Crippen LogP) is 1.73. The van der Waals surface area contributed by atoms with Crippen molar-refractivity contribution in [2.45, 2.75) is 38.3 Å². The van der Waals surface area contributed by atoms with Gasteiger partial charge < -0.3 is 14.4 Å². The topological polar surface area (TPSA) is 143 Å². The first-order chi connectivity index (χ1) is 17.4. The molecule has 4 heterocycles. The van der Waals surface area contributed by atoms with E-state index in [1.54, 1.807) is 18.0 Å². The number of hydrogen-bond donors (Lipinski definition) is 3. The number of aliphatic imine (C=N–C) groups is 2. The van der Waals surface area contributed by atoms with Crippen LogP contribution in [0.2, 0.25) is 0 Å². The molecule has 3 aromatic rings. The minimum Gasteiger partial charge on any atom is -0.388 e. The number of imidazole rings is 1. The van der Waals surface area contributed by atoms with Crippen molar-refractivity contribution in [3.05, 3.63) is 59.8 Å². The maximum atomic E-state index is 13.1. The van der Waals surface area contributed by atoms with Crippen LogP contribution in [0.4, 0.5) is 5.69 Å². The summed E-state index contributed by atoms with van der Waals surface area (Å²) in [6.45, 7) is 1.88. The number of aliphatic hydroxyl groups is 1. The zero-order valence-corrected chi connectivity index (χ0v) is 20.0. The number of carbonyl (C=O) groups is 1. The predicted molar refractivity (Wildman–Crippen MR) is 135 cm³/mol. The van der Waals surface area contributed by atoms with Gasteiger partial charge in [-0.3, -0.25) is 25.7 Å². The maximum Gasteiger partial charge on any atom is 0.302 e. The molecule has 36 heavy (non-hydrogen) atoms. The molecule has 1 amide bonds. The van der Waals surface area contributed by atoms with E-state index in [0.717, 1.165) is 40.8 Å². The van der Waals surface area contributed by atoms with Gasteiger partial charge in [0.1, 0.15) is 12.4 Å². The van der Waals surface area contributed by atoms with Gasteiger partial charge >= 0.3 is 5.97 Å². The smallest absolute Gasteiger partial charge is 0.302 e. The zero-order valence-electron chi connectivity index (χ0n) is 20.0. The highest BCUT2D eigenvalue weighted by molar-refractivity contribution is 6.70. The number of benzene rings is 1. The summed E-state index contributed by atoms with van der Waals surface area (Å²) in [5, 5.41) is 12.2. The van der Waals surface area contributed by atoms with Crippen molar-refractivity contribution in [1.82, 2.24) is 19.9 Å². The number of amidine groups is 1. The number of hydrogen-bond acceptors (Lipinski definition) is 9. The number of nitrogens with one attached hydrogen (secondary N) is 1. The number of carbonyl (C=O) groups excluding carboxylic acids is 1. The number of aromatic nitrogens is 3. The van der Waals surface area contributed by atoms with Crippen molar-refractivity contribution in [3.8, 4) is 0 Å². The zero-order chi connectivity index (χ0) is 25.0. The number of pyridine rings is 1. The van der Waals surface area contributed by atoms with E-state index >= 15 is 0 Å². The second-order valence-corrected chi connectivity index (χ2v) is 9.03. The lowest BCUT2D eigenvalue weighted by atomic mass is 10.1. The number of aryl methyl sites for hydroxylation is 1. The van der Waals surface area contributed by atoms with Crippen LogP contribution < -0.4 is 16.0 Å². The molecule has 0 spiro atoms. The van der Waals surface area contributed by atoms with Crippen molar-refractivity contribution in [1.29, 1.82) is 0 Å². The summed E-state index contributed by atoms with van der Waals surface area (Å²) in [5.41, 5.74) is 11.1. The Morgan fingerprint density at radius 1 is 1.28 bits per heavy atom. The van der Waals surface area contributed by atoms with E-state index in [1.807, 2.05) is 48.1 Å². The number of fused-ring (bicyclic) bond motifs is 2. The Kier molecular flexibility index (Phi) is 5.21. The van der Waals surface area contributed by atoms with Gasteiger partial charge in [-0.25, -0.2) is 9.98 Å². The quantitative estimate of drug-likeness (QED) is 0.450. The van der Waals surface area contributed by atoms with E-state index < -0.39 is 11.9 Å². The Labute approximate surface area is 207 Å². The second-order valence-electron chi connectivity index (χ2n) is 9.03. The number of amides is 1. The fraction of sp³-hybridized carbons (Fsp3) is 0.320. The molecule has 0 radical (unpaired) electrons. The summed E-state index contributed by atoms with van der Waals surface area (Å²) in [6.07, 6.45) is 5.90. The average Bonchev–Trinajstić information content (AvgIpc) is 3.67. The van der Waals surface area contributed by atoms with E-state index in [1.165, 1.54) is 0 Å². The highest BCUT2D eigenvalue weighted by atomic mass is 16.5. The number of ether oxygens (including phenoxy) is 1. The van der Waals surface area contributed by atoms with E-state index in [2.05, 4.69) is 25.3 Å². The molecule has 3 aliphatic rings. The summed E-state index contributed by atoms with van der Waals surface area (Å²) in [6, 6.07) is 9.65. The van der Waals surface area contributed by atoms with Crippen LogP contribution >= 0.6 is 0 Å². The van der Waals surface area contributed by atoms with E-state index in [-0.39, 0.29) is 24.8 Å². The lowest BCUT2D eigenvalue weighted by Crippen LogP contribution is -2.64. The summed E-state index contributed by atoms with van der Waals surface area (Å²) in [4.78, 5) is 33.2. The second kappa shape index (κ2) is 8.33. The van der Waals surface area contributed by atoms with Gasteiger partial charge in [0.25, 0.3) is 5.91 Å². The van der Waals surface area contributed by atoms with E-state index in [9.17, 15) is 9.90 Å². The molecule has 1 aliphatic carbocycles. The molecule has 11 nitrogen and oxygen atoms in total. The minimum absolute atomic E-state index is 0.126. The molecule has 6 rings (SSSR count). The average molecular weight is 487 g/mol. The number of aliphatic hydroxyl groups excluding tert-OH is 1. The van der Waals surface area contributed by atoms with Crippen molar-refractivity contribution < 1.29 is 14.6 Å². The van der Waals surface area contributed by atoms with Crippen LogP contribution in [0.3, 0.4) is 0 Å². The van der Waals surface area contributed by atoms with Crippen LogP contribution in [0.25, 0.3) is 16.7 Å². The van der Waals surface area contributed by atoms with Gasteiger partial charge in [0.2, 0.25) is 0 Å². The first kappa shape index (κ1) is 22.5. The van der Waals surface area contributed by atoms with Crippen LogP contribution in [-0.2, 0) is 23.2 Å². The molecule has 2 aliphatic heterocycles. The summed E-state index contributed by atoms with van der Waals surface area (Å²) in [5.74, 6) is -0.822. The lowest BCUT2D eigenvalue weighted by Gasteiger charge is -2.36. The molecule has 184 valence electrons. The number of rotatable bonds is 6. The van der Waals surface area contributed by atoms with Crippen LogP contribution in [0, 0.1) is 0 Å². The standard InChI is InChI=1S/C25H26N8O3/c1-3-36-25(26)30-23-22(24(35)31-25)29-19(12-33(23)16-7-9-17(27-11-16)14-4-5-14)15-6-8-18-20(10-15)32(2)21(13-34)28-18/h6-12,14,34H,3-5,13,26H2,1-2H3,(H,31,35). The van der Waals surface area contributed by atoms with Crippen molar-refractivity contribution in [3.63, 3.8) is 0 Å². The Morgan fingerprint density at radius 2 is 2.11 bits per heavy atom. The highest BCUT2D eigenvalue weighted by Gasteiger charge is 2.41. The number of nitrogens with two attached hydrogens (primary N) is 1. The van der Waals surface area contributed by atoms with Crippen molar-refractivity contribution >= 4 is 39.9 Å². The van der Waals surface area contributed by atoms with Crippen LogP contribution in [0.5, 0.6) is 0 Å². The normalized spacial score (nSPS) is 21.6. The van der Waals surface area contributed by atoms with Gasteiger partial charge in [-0.05, 0) is 44.0 Å². The SMILES string of the molecule is CCOC1(N)N=C2C(=NC(c3ccc4nc(CO)n(C)c4c3)=CN2c2ccc(C3CC3)nc2)C(=O)N1. The van der Waals surface area contributed by atoms with Crippen molar-refractivity contribution in [2.24, 2.45) is 22.8 Å². The first-order valence-electron chi connectivity index (χ1n) is 11.9. The maximum absolute atomic E-state index is 13.1. The molecule has 1 saturated carbocycles. The van der Waals surface area contributed by atoms with Crippen LogP contribution in [0.1, 0.15) is 42.8 Å². The third kappa shape index (κ3) is 3.77. The third-order valence-corrected chi connectivity index (χ3v) is 6.52. The molecule has 1 atom stereocenters. The van der Waals surface area contributed by atoms with Crippen LogP contribution in [-0.4, -0.2) is 49.7 Å². The first-order valence-corrected chi connectivity index (χ1v) is 11.9. The third-order valence-electron chi connectivity index (χ3n) is 6.52. The summed E-state index contributed by atoms with van der Waals surface area (Å²) in [7, 11) is 1.85. The lowest BCUT2D eigenvalue weighted by molar-refractivity contribution is -0.126. The van der Waals surface area contributed by atoms with Gasteiger partial charge in [0.15, 0.2) is 11.5 Å². The fourth-order valence-electron chi connectivity index (χ4n) is 4.49. The van der Waals surface area contributed by atoms with Gasteiger partial charge in [-0.1, -0.05) is 6.07 Å². The molecule has 0 bridgehead atoms. The Hall–Kier alpha value is -3.93. The van der Waals surface area contributed by atoms with Gasteiger partial charge in [-0.15, -0.1) is 0 Å². The van der Waals surface area contributed by atoms with E-state index in [4.69, 9.17) is 10.5 Å².